The maximum atomic E-state index is 9.35. The Kier molecular flexibility index (Phi) is 1.08. The lowest BCUT2D eigenvalue weighted by Crippen LogP contribution is -2.13. The molecule has 0 saturated carbocycles. The predicted molar refractivity (Wildman–Crippen MR) is 39.1 cm³/mol. The molecule has 0 spiro atoms. The van der Waals surface area contributed by atoms with Gasteiger partial charge in [0, 0.05) is 16.3 Å². The maximum absolute atomic E-state index is 9.35. The summed E-state index contributed by atoms with van der Waals surface area (Å²) >= 11 is 3.39. The summed E-state index contributed by atoms with van der Waals surface area (Å²) in [6.45, 7) is 0. The van der Waals surface area contributed by atoms with Crippen molar-refractivity contribution in [3.63, 3.8) is 0 Å². The van der Waals surface area contributed by atoms with Gasteiger partial charge < -0.3 is 5.11 Å². The molecule has 0 amide bonds. The van der Waals surface area contributed by atoms with Gasteiger partial charge in [-0.25, -0.2) is 0 Å². The third-order valence-corrected chi connectivity index (χ3v) is 2.77. The highest BCUT2D eigenvalue weighted by Crippen LogP contribution is 2.41. The van der Waals surface area contributed by atoms with Crippen LogP contribution >= 0.6 is 15.9 Å². The molecule has 0 aliphatic heterocycles. The first kappa shape index (κ1) is 5.69. The molecule has 1 nitrogen and oxygen atoms in total. The van der Waals surface area contributed by atoms with Crippen LogP contribution in [0.3, 0.4) is 0 Å². The quantitative estimate of drug-likeness (QED) is 0.569. The lowest BCUT2D eigenvalue weighted by molar-refractivity contribution is 0.145. The van der Waals surface area contributed by atoms with Gasteiger partial charge in [0.15, 0.2) is 0 Å². The Morgan fingerprint density at radius 2 is 2.22 bits per heavy atom. The molecule has 0 radical (unpaired) electrons. The molecule has 0 saturated heterocycles. The average molecular weight is 187 g/mol. The highest BCUT2D eigenvalue weighted by molar-refractivity contribution is 9.11. The number of aliphatic hydroxyl groups excluding tert-OH is 1. The molecule has 48 valence electrons. The summed E-state index contributed by atoms with van der Waals surface area (Å²) in [7, 11) is 0. The van der Waals surface area contributed by atoms with E-state index >= 15 is 0 Å². The molecule has 9 heavy (non-hydrogen) atoms. The first-order valence-electron chi connectivity index (χ1n) is 3.02. The Hall–Kier alpha value is -0.0800. The van der Waals surface area contributed by atoms with Crippen molar-refractivity contribution < 1.29 is 5.11 Å². The van der Waals surface area contributed by atoms with Crippen LogP contribution in [0.2, 0.25) is 0 Å². The van der Waals surface area contributed by atoms with E-state index in [1.54, 1.807) is 0 Å². The minimum absolute atomic E-state index is 0.181. The molecular weight excluding hydrogens is 180 g/mol. The SMILES string of the molecule is OC1C2C=CC1C(Br)=C2. The van der Waals surface area contributed by atoms with Crippen molar-refractivity contribution in [2.24, 2.45) is 11.8 Å². The van der Waals surface area contributed by atoms with Crippen LogP contribution in [-0.4, -0.2) is 11.2 Å². The van der Waals surface area contributed by atoms with Crippen molar-refractivity contribution in [3.8, 4) is 0 Å². The number of hydrogen-bond donors (Lipinski definition) is 1. The average Bonchev–Trinajstić information content (AvgIpc) is 2.25. The van der Waals surface area contributed by atoms with Gasteiger partial charge >= 0.3 is 0 Å². The van der Waals surface area contributed by atoms with Crippen molar-refractivity contribution in [1.29, 1.82) is 0 Å². The van der Waals surface area contributed by atoms with E-state index in [9.17, 15) is 5.11 Å². The topological polar surface area (TPSA) is 20.2 Å². The van der Waals surface area contributed by atoms with Crippen molar-refractivity contribution in [2.45, 2.75) is 6.10 Å². The number of aliphatic hydroxyl groups is 1. The molecule has 1 N–H and O–H groups in total. The molecule has 2 heteroatoms. The molecule has 2 bridgehead atoms. The Labute approximate surface area is 62.2 Å². The van der Waals surface area contributed by atoms with Gasteiger partial charge in [-0.15, -0.1) is 0 Å². The molecule has 3 atom stereocenters. The van der Waals surface area contributed by atoms with Crippen LogP contribution in [0, 0.1) is 11.8 Å². The molecule has 0 aromatic heterocycles. The van der Waals surface area contributed by atoms with Gasteiger partial charge in [0.2, 0.25) is 0 Å². The Balaban J connectivity index is 2.35. The fraction of sp³-hybridized carbons (Fsp3) is 0.429. The van der Waals surface area contributed by atoms with Gasteiger partial charge in [0.25, 0.3) is 0 Å². The molecule has 3 unspecified atom stereocenters. The van der Waals surface area contributed by atoms with Crippen molar-refractivity contribution in [2.75, 3.05) is 0 Å². The normalized spacial score (nSPS) is 46.0. The van der Waals surface area contributed by atoms with Gasteiger partial charge in [0.05, 0.1) is 6.10 Å². The summed E-state index contributed by atoms with van der Waals surface area (Å²) in [5.74, 6) is 0.541. The van der Waals surface area contributed by atoms with Crippen molar-refractivity contribution in [3.05, 3.63) is 22.7 Å². The van der Waals surface area contributed by atoms with Gasteiger partial charge in [-0.1, -0.05) is 34.2 Å². The zero-order valence-corrected chi connectivity index (χ0v) is 6.38. The minimum Gasteiger partial charge on any atom is -0.391 e. The summed E-state index contributed by atoms with van der Waals surface area (Å²) in [5, 5.41) is 9.35. The number of halogens is 1. The van der Waals surface area contributed by atoms with Crippen LogP contribution in [-0.2, 0) is 0 Å². The predicted octanol–water partition coefficient (Wildman–Crippen LogP) is 1.44. The van der Waals surface area contributed by atoms with Crippen LogP contribution in [0.4, 0.5) is 0 Å². The fourth-order valence-corrected chi connectivity index (χ4v) is 2.15. The molecule has 0 fully saturated rings. The number of hydrogen-bond acceptors (Lipinski definition) is 1. The second kappa shape index (κ2) is 1.70. The third-order valence-electron chi connectivity index (χ3n) is 1.97. The molecular formula is C7H7BrO. The Morgan fingerprint density at radius 3 is 2.44 bits per heavy atom. The summed E-state index contributed by atoms with van der Waals surface area (Å²) in [6.07, 6.45) is 5.99. The van der Waals surface area contributed by atoms with Crippen LogP contribution in [0.25, 0.3) is 0 Å². The van der Waals surface area contributed by atoms with Crippen molar-refractivity contribution >= 4 is 15.9 Å². The standard InChI is InChI=1S/C7H7BrO/c8-6-3-4-1-2-5(6)7(4)9/h1-5,7,9H. The molecule has 0 aromatic carbocycles. The molecule has 2 rings (SSSR count). The van der Waals surface area contributed by atoms with E-state index in [1.165, 1.54) is 0 Å². The smallest absolute Gasteiger partial charge is 0.0745 e. The van der Waals surface area contributed by atoms with Crippen molar-refractivity contribution in [1.82, 2.24) is 0 Å². The van der Waals surface area contributed by atoms with Gasteiger partial charge in [0.1, 0.15) is 0 Å². The largest absolute Gasteiger partial charge is 0.391 e. The van der Waals surface area contributed by atoms with Crippen LogP contribution in [0.5, 0.6) is 0 Å². The second-order valence-corrected chi connectivity index (χ2v) is 3.45. The zero-order valence-electron chi connectivity index (χ0n) is 4.79. The van der Waals surface area contributed by atoms with E-state index in [0.717, 1.165) is 4.48 Å². The number of fused-ring (bicyclic) bond motifs is 2. The highest BCUT2D eigenvalue weighted by Gasteiger charge is 2.35. The first-order valence-corrected chi connectivity index (χ1v) is 3.82. The number of rotatable bonds is 0. The monoisotopic (exact) mass is 186 g/mol. The lowest BCUT2D eigenvalue weighted by Gasteiger charge is -2.06. The van der Waals surface area contributed by atoms with Crippen LogP contribution in [0.1, 0.15) is 0 Å². The molecule has 0 aromatic rings. The minimum atomic E-state index is -0.181. The molecule has 2 aliphatic carbocycles. The summed E-state index contributed by atoms with van der Waals surface area (Å²) in [6, 6.07) is 0. The zero-order chi connectivity index (χ0) is 6.43. The van der Waals surface area contributed by atoms with Crippen LogP contribution < -0.4 is 0 Å². The third kappa shape index (κ3) is 0.634. The fourth-order valence-electron chi connectivity index (χ4n) is 1.42. The maximum Gasteiger partial charge on any atom is 0.0745 e. The van der Waals surface area contributed by atoms with E-state index in [-0.39, 0.29) is 17.9 Å². The van der Waals surface area contributed by atoms with Gasteiger partial charge in [-0.2, -0.15) is 0 Å². The van der Waals surface area contributed by atoms with E-state index in [0.29, 0.717) is 0 Å². The first-order chi connectivity index (χ1) is 4.29. The van der Waals surface area contributed by atoms with E-state index < -0.39 is 0 Å². The highest BCUT2D eigenvalue weighted by atomic mass is 79.9. The Bertz CT molecular complexity index is 195. The molecule has 2 aliphatic rings. The molecule has 0 heterocycles. The van der Waals surface area contributed by atoms with E-state index in [4.69, 9.17) is 0 Å². The summed E-state index contributed by atoms with van der Waals surface area (Å²) in [4.78, 5) is 0. The van der Waals surface area contributed by atoms with Gasteiger partial charge in [-0.3, -0.25) is 0 Å². The Morgan fingerprint density at radius 1 is 1.44 bits per heavy atom. The van der Waals surface area contributed by atoms with Gasteiger partial charge in [-0.05, 0) is 0 Å². The van der Waals surface area contributed by atoms with E-state index in [2.05, 4.69) is 34.2 Å². The summed E-state index contributed by atoms with van der Waals surface area (Å²) in [5.41, 5.74) is 0. The lowest BCUT2D eigenvalue weighted by atomic mass is 10.1. The van der Waals surface area contributed by atoms with E-state index in [1.807, 2.05) is 0 Å². The van der Waals surface area contributed by atoms with Crippen LogP contribution in [0.15, 0.2) is 22.7 Å². The second-order valence-electron chi connectivity index (χ2n) is 2.53. The summed E-state index contributed by atoms with van der Waals surface area (Å²) < 4.78 is 1.14.